The molecule has 1 atom stereocenters. The second-order valence-corrected chi connectivity index (χ2v) is 3.76. The average Bonchev–Trinajstić information content (AvgIpc) is 2.77. The first-order chi connectivity index (χ1) is 8.20. The van der Waals surface area contributed by atoms with Gasteiger partial charge < -0.3 is 5.11 Å². The highest BCUT2D eigenvalue weighted by Crippen LogP contribution is 2.22. The summed E-state index contributed by atoms with van der Waals surface area (Å²) in [6, 6.07) is 9.68. The van der Waals surface area contributed by atoms with Crippen molar-refractivity contribution in [2.45, 2.75) is 12.0 Å². The molecule has 0 saturated carbocycles. The molecule has 1 N–H and O–H groups in total. The zero-order valence-electron chi connectivity index (χ0n) is 9.02. The Morgan fingerprint density at radius 1 is 1.35 bits per heavy atom. The second-order valence-electron chi connectivity index (χ2n) is 3.76. The number of nitrogens with zero attached hydrogens (tertiary/aromatic N) is 3. The molecule has 1 aromatic carbocycles. The summed E-state index contributed by atoms with van der Waals surface area (Å²) in [7, 11) is 0. The van der Waals surface area contributed by atoms with Crippen LogP contribution in [0.4, 0.5) is 0 Å². The second kappa shape index (κ2) is 4.69. The number of carboxylic acids is 1. The Morgan fingerprint density at radius 3 is 2.71 bits per heavy atom. The lowest BCUT2D eigenvalue weighted by molar-refractivity contribution is -0.131. The maximum Gasteiger partial charge on any atom is 0.328 e. The number of carboxylic acid groups (broad SMARTS) is 1. The molecular formula is C12H11N3O2. The van der Waals surface area contributed by atoms with Gasteiger partial charge in [0, 0.05) is 12.5 Å². The van der Waals surface area contributed by atoms with E-state index in [9.17, 15) is 4.79 Å². The third kappa shape index (κ3) is 2.84. The molecule has 5 heteroatoms. The Bertz CT molecular complexity index is 480. The van der Waals surface area contributed by atoms with E-state index in [2.05, 4.69) is 15.4 Å². The van der Waals surface area contributed by atoms with E-state index in [1.807, 2.05) is 30.3 Å². The number of carbonyl (C=O) groups is 1. The Labute approximate surface area is 98.2 Å². The zero-order valence-corrected chi connectivity index (χ0v) is 9.02. The molecule has 0 fully saturated rings. The molecule has 2 rings (SSSR count). The first-order valence-electron chi connectivity index (χ1n) is 5.13. The zero-order chi connectivity index (χ0) is 12.1. The van der Waals surface area contributed by atoms with E-state index in [1.54, 1.807) is 6.21 Å². The minimum atomic E-state index is -1.01. The summed E-state index contributed by atoms with van der Waals surface area (Å²) in [6.45, 7) is 0. The molecule has 0 aromatic heterocycles. The number of benzene rings is 1. The normalized spacial score (nSPS) is 22.4. The van der Waals surface area contributed by atoms with Crippen LogP contribution in [-0.2, 0) is 11.2 Å². The average molecular weight is 229 g/mol. The molecule has 0 saturated heterocycles. The van der Waals surface area contributed by atoms with Gasteiger partial charge in [-0.2, -0.15) is 5.11 Å². The number of aliphatic carboxylic acids is 1. The predicted octanol–water partition coefficient (Wildman–Crippen LogP) is 2.06. The van der Waals surface area contributed by atoms with Crippen molar-refractivity contribution in [2.24, 2.45) is 15.4 Å². The van der Waals surface area contributed by atoms with E-state index in [1.165, 1.54) is 6.08 Å². The standard InChI is InChI=1S/C12H11N3O2/c16-11(17)6-7-12(9-13-15-14-12)8-10-4-2-1-3-5-10/h1-7,9H,8H2,(H,16,17). The van der Waals surface area contributed by atoms with Crippen molar-refractivity contribution in [3.8, 4) is 0 Å². The fraction of sp³-hybridized carbons (Fsp3) is 0.167. The lowest BCUT2D eigenvalue weighted by Crippen LogP contribution is -2.26. The van der Waals surface area contributed by atoms with E-state index >= 15 is 0 Å². The molecule has 0 bridgehead atoms. The van der Waals surface area contributed by atoms with Crippen LogP contribution in [0.25, 0.3) is 0 Å². The minimum absolute atomic E-state index is 0.546. The van der Waals surface area contributed by atoms with Crippen LogP contribution in [0.15, 0.2) is 57.9 Å². The van der Waals surface area contributed by atoms with Gasteiger partial charge in [0.05, 0.1) is 6.21 Å². The van der Waals surface area contributed by atoms with E-state index in [-0.39, 0.29) is 0 Å². The van der Waals surface area contributed by atoms with Gasteiger partial charge in [0.15, 0.2) is 0 Å². The van der Waals surface area contributed by atoms with E-state index < -0.39 is 11.5 Å². The van der Waals surface area contributed by atoms with Gasteiger partial charge in [-0.25, -0.2) is 4.79 Å². The summed E-state index contributed by atoms with van der Waals surface area (Å²) >= 11 is 0. The van der Waals surface area contributed by atoms with Crippen molar-refractivity contribution in [1.29, 1.82) is 0 Å². The van der Waals surface area contributed by atoms with Crippen molar-refractivity contribution in [3.63, 3.8) is 0 Å². The molecule has 0 amide bonds. The molecule has 0 spiro atoms. The van der Waals surface area contributed by atoms with E-state index in [4.69, 9.17) is 5.11 Å². The van der Waals surface area contributed by atoms with Gasteiger partial charge in [0.1, 0.15) is 5.54 Å². The van der Waals surface area contributed by atoms with Crippen molar-refractivity contribution < 1.29 is 9.90 Å². The molecular weight excluding hydrogens is 218 g/mol. The van der Waals surface area contributed by atoms with Crippen molar-refractivity contribution in [3.05, 3.63) is 48.0 Å². The summed E-state index contributed by atoms with van der Waals surface area (Å²) in [5.74, 6) is -1.01. The molecule has 5 nitrogen and oxygen atoms in total. The van der Waals surface area contributed by atoms with Gasteiger partial charge in [-0.1, -0.05) is 30.3 Å². The first-order valence-corrected chi connectivity index (χ1v) is 5.13. The first kappa shape index (κ1) is 11.2. The van der Waals surface area contributed by atoms with Gasteiger partial charge in [0.2, 0.25) is 0 Å². The molecule has 17 heavy (non-hydrogen) atoms. The Morgan fingerprint density at radius 2 is 2.12 bits per heavy atom. The topological polar surface area (TPSA) is 74.4 Å². The number of hydrogen-bond acceptors (Lipinski definition) is 4. The maximum absolute atomic E-state index is 10.5. The molecule has 0 aliphatic carbocycles. The molecule has 1 aromatic rings. The summed E-state index contributed by atoms with van der Waals surface area (Å²) in [5, 5.41) is 19.9. The fourth-order valence-electron chi connectivity index (χ4n) is 1.62. The van der Waals surface area contributed by atoms with E-state index in [0.717, 1.165) is 11.6 Å². The highest BCUT2D eigenvalue weighted by molar-refractivity contribution is 5.83. The van der Waals surface area contributed by atoms with Crippen molar-refractivity contribution in [2.75, 3.05) is 0 Å². The molecule has 1 aliphatic heterocycles. The highest BCUT2D eigenvalue weighted by atomic mass is 16.4. The van der Waals surface area contributed by atoms with Gasteiger partial charge >= 0.3 is 5.97 Å². The monoisotopic (exact) mass is 229 g/mol. The summed E-state index contributed by atoms with van der Waals surface area (Å²) in [4.78, 5) is 10.5. The molecule has 1 heterocycles. The lowest BCUT2D eigenvalue weighted by Gasteiger charge is -2.16. The largest absolute Gasteiger partial charge is 0.478 e. The van der Waals surface area contributed by atoms with E-state index in [0.29, 0.717) is 6.42 Å². The highest BCUT2D eigenvalue weighted by Gasteiger charge is 2.28. The minimum Gasteiger partial charge on any atom is -0.478 e. The van der Waals surface area contributed by atoms with Crippen LogP contribution in [0.2, 0.25) is 0 Å². The Balaban J connectivity index is 2.22. The smallest absolute Gasteiger partial charge is 0.328 e. The fourth-order valence-corrected chi connectivity index (χ4v) is 1.62. The van der Waals surface area contributed by atoms with Crippen LogP contribution in [0.5, 0.6) is 0 Å². The van der Waals surface area contributed by atoms with Crippen LogP contribution in [0.1, 0.15) is 5.56 Å². The van der Waals surface area contributed by atoms with Gasteiger partial charge in [0.25, 0.3) is 0 Å². The molecule has 1 unspecified atom stereocenters. The van der Waals surface area contributed by atoms with Crippen LogP contribution >= 0.6 is 0 Å². The van der Waals surface area contributed by atoms with Gasteiger partial charge in [-0.05, 0) is 16.9 Å². The quantitative estimate of drug-likeness (QED) is 0.802. The van der Waals surface area contributed by atoms with Crippen LogP contribution in [0, 0.1) is 0 Å². The van der Waals surface area contributed by atoms with Gasteiger partial charge in [-0.15, -0.1) is 5.10 Å². The van der Waals surface area contributed by atoms with Crippen molar-refractivity contribution in [1.82, 2.24) is 0 Å². The van der Waals surface area contributed by atoms with Crippen molar-refractivity contribution >= 4 is 12.2 Å². The van der Waals surface area contributed by atoms with Crippen LogP contribution in [0.3, 0.4) is 0 Å². The SMILES string of the molecule is O=C(O)C=CC1(Cc2ccccc2)C=NN=N1. The lowest BCUT2D eigenvalue weighted by atomic mass is 9.92. The summed E-state index contributed by atoms with van der Waals surface area (Å²) in [6.07, 6.45) is 4.67. The molecule has 0 radical (unpaired) electrons. The third-order valence-electron chi connectivity index (χ3n) is 2.41. The predicted molar refractivity (Wildman–Crippen MR) is 63.0 cm³/mol. The number of hydrogen-bond donors (Lipinski definition) is 1. The Kier molecular flexibility index (Phi) is 3.09. The molecule has 1 aliphatic rings. The van der Waals surface area contributed by atoms with Crippen LogP contribution < -0.4 is 0 Å². The Hall–Kier alpha value is -2.30. The molecule has 86 valence electrons. The maximum atomic E-state index is 10.5. The summed E-state index contributed by atoms with van der Waals surface area (Å²) < 4.78 is 0. The van der Waals surface area contributed by atoms with Gasteiger partial charge in [-0.3, -0.25) is 0 Å². The van der Waals surface area contributed by atoms with Crippen LogP contribution in [-0.4, -0.2) is 22.8 Å². The number of rotatable bonds is 4. The summed E-state index contributed by atoms with van der Waals surface area (Å²) in [5.41, 5.74) is 0.287. The third-order valence-corrected chi connectivity index (χ3v) is 2.41.